The molecule has 0 fully saturated rings. The molecule has 0 saturated carbocycles. The number of alkyl halides is 6. The number of hydrogen-bond donors (Lipinski definition) is 2. The number of benzene rings is 2. The molecule has 0 bridgehead atoms. The van der Waals surface area contributed by atoms with E-state index in [1.54, 1.807) is 24.3 Å². The predicted molar refractivity (Wildman–Crippen MR) is 103 cm³/mol. The molecule has 0 aliphatic heterocycles. The first-order valence-electron chi connectivity index (χ1n) is 9.00. The van der Waals surface area contributed by atoms with Gasteiger partial charge < -0.3 is 20.9 Å². The fourth-order valence-electron chi connectivity index (χ4n) is 2.85. The fourth-order valence-corrected chi connectivity index (χ4v) is 2.85. The zero-order chi connectivity index (χ0) is 22.9. The third-order valence-electron chi connectivity index (χ3n) is 4.54. The van der Waals surface area contributed by atoms with Crippen LogP contribution >= 0.6 is 0 Å². The highest BCUT2D eigenvalue weighted by Gasteiger charge is 2.64. The average molecular weight is 444 g/mol. The molecule has 4 N–H and O–H groups in total. The lowest BCUT2D eigenvalue weighted by atomic mass is 9.95. The van der Waals surface area contributed by atoms with E-state index < -0.39 is 36.1 Å². The molecule has 2 aromatic carbocycles. The van der Waals surface area contributed by atoms with Crippen LogP contribution < -0.4 is 20.9 Å². The first kappa shape index (κ1) is 22.4. The molecule has 166 valence electrons. The zero-order valence-corrected chi connectivity index (χ0v) is 15.9. The van der Waals surface area contributed by atoms with Gasteiger partial charge >= 0.3 is 12.1 Å². The summed E-state index contributed by atoms with van der Waals surface area (Å²) in [6, 6.07) is 12.6. The van der Waals surface area contributed by atoms with Crippen LogP contribution in [-0.2, 0) is 0 Å². The van der Waals surface area contributed by atoms with Crippen LogP contribution in [0.5, 0.6) is 11.5 Å². The lowest BCUT2D eigenvalue weighted by Gasteiger charge is -2.35. The van der Waals surface area contributed by atoms with Gasteiger partial charge in [-0.25, -0.2) is 4.39 Å². The molecular weight excluding hydrogens is 426 g/mol. The molecule has 4 nitrogen and oxygen atoms in total. The average Bonchev–Trinajstić information content (AvgIpc) is 2.71. The van der Waals surface area contributed by atoms with Gasteiger partial charge in [0.15, 0.2) is 6.17 Å². The molecule has 1 aliphatic carbocycles. The second kappa shape index (κ2) is 8.09. The number of hydrogen-bond acceptors (Lipinski definition) is 4. The maximum atomic E-state index is 14.1. The summed E-state index contributed by atoms with van der Waals surface area (Å²) in [5.41, 5.74) is 11.3. The van der Waals surface area contributed by atoms with Crippen molar-refractivity contribution in [2.45, 2.75) is 30.5 Å². The van der Waals surface area contributed by atoms with E-state index in [4.69, 9.17) is 20.9 Å². The molecule has 0 radical (unpaired) electrons. The van der Waals surface area contributed by atoms with Crippen molar-refractivity contribution in [1.82, 2.24) is 0 Å². The van der Waals surface area contributed by atoms with Crippen LogP contribution in [0.1, 0.15) is 6.42 Å². The minimum Gasteiger partial charge on any atom is -0.446 e. The minimum atomic E-state index is -6.04. The summed E-state index contributed by atoms with van der Waals surface area (Å²) in [5.74, 6) is -6.95. The van der Waals surface area contributed by atoms with Crippen molar-refractivity contribution < 1.29 is 35.8 Å². The molecule has 31 heavy (non-hydrogen) atoms. The Morgan fingerprint density at radius 2 is 1.32 bits per heavy atom. The van der Waals surface area contributed by atoms with Crippen molar-refractivity contribution in [1.29, 1.82) is 0 Å². The van der Waals surface area contributed by atoms with Gasteiger partial charge in [-0.3, -0.25) is 0 Å². The highest BCUT2D eigenvalue weighted by atomic mass is 19.4. The lowest BCUT2D eigenvalue weighted by molar-refractivity contribution is -0.298. The van der Waals surface area contributed by atoms with Crippen molar-refractivity contribution >= 4 is 11.4 Å². The summed E-state index contributed by atoms with van der Waals surface area (Å²) in [4.78, 5) is 0. The van der Waals surface area contributed by atoms with Crippen LogP contribution in [0.2, 0.25) is 0 Å². The number of para-hydroxylation sites is 4. The van der Waals surface area contributed by atoms with Gasteiger partial charge in [0.25, 0.3) is 5.79 Å². The first-order valence-corrected chi connectivity index (χ1v) is 9.00. The molecule has 2 aromatic rings. The largest absolute Gasteiger partial charge is 0.456 e. The normalized spacial score (nSPS) is 17.0. The molecular formula is C21H18F6N2O2. The summed E-state index contributed by atoms with van der Waals surface area (Å²) in [5, 5.41) is 0. The quantitative estimate of drug-likeness (QED) is 0.354. The molecule has 1 unspecified atom stereocenters. The molecule has 0 heterocycles. The number of ether oxygens (including phenoxy) is 2. The number of nitrogen functional groups attached to an aromatic ring is 2. The molecule has 1 atom stereocenters. The monoisotopic (exact) mass is 444 g/mol. The minimum absolute atomic E-state index is 0.163. The van der Waals surface area contributed by atoms with E-state index >= 15 is 0 Å². The summed E-state index contributed by atoms with van der Waals surface area (Å²) >= 11 is 0. The second-order valence-corrected chi connectivity index (χ2v) is 6.82. The van der Waals surface area contributed by atoms with Crippen molar-refractivity contribution in [2.24, 2.45) is 0 Å². The molecule has 0 saturated heterocycles. The van der Waals surface area contributed by atoms with Gasteiger partial charge in [0, 0.05) is 12.5 Å². The Kier molecular flexibility index (Phi) is 5.84. The van der Waals surface area contributed by atoms with Gasteiger partial charge in [-0.1, -0.05) is 36.4 Å². The highest BCUT2D eigenvalue weighted by molar-refractivity contribution is 5.54. The van der Waals surface area contributed by atoms with Crippen molar-refractivity contribution in [3.63, 3.8) is 0 Å². The number of allylic oxidation sites excluding steroid dienone is 2. The molecule has 10 heteroatoms. The van der Waals surface area contributed by atoms with E-state index in [-0.39, 0.29) is 22.9 Å². The molecule has 0 aromatic heterocycles. The number of halogens is 6. The molecule has 0 amide bonds. The Hall–Kier alpha value is -3.30. The topological polar surface area (TPSA) is 70.5 Å². The van der Waals surface area contributed by atoms with Crippen molar-refractivity contribution in [2.75, 3.05) is 11.5 Å². The SMILES string of the molecule is Nc1ccccc1OC1(Oc2ccccc2N)C=CC(C(F)C(F)(F)C(F)(F)F)=CC1. The number of nitrogens with two attached hydrogens (primary N) is 2. The molecule has 0 spiro atoms. The third-order valence-corrected chi connectivity index (χ3v) is 4.54. The molecule has 3 rings (SSSR count). The van der Waals surface area contributed by atoms with Gasteiger partial charge in [0.1, 0.15) is 11.5 Å². The summed E-state index contributed by atoms with van der Waals surface area (Å²) in [7, 11) is 0. The van der Waals surface area contributed by atoms with Crippen LogP contribution in [0.4, 0.5) is 37.7 Å². The smallest absolute Gasteiger partial charge is 0.446 e. The fraction of sp³-hybridized carbons (Fsp3) is 0.238. The van der Waals surface area contributed by atoms with Crippen LogP contribution in [0.3, 0.4) is 0 Å². The summed E-state index contributed by atoms with van der Waals surface area (Å²) in [6.07, 6.45) is -7.34. The van der Waals surface area contributed by atoms with Gasteiger partial charge in [-0.05, 0) is 29.8 Å². The maximum absolute atomic E-state index is 14.1. The Labute approximate surface area is 173 Å². The number of anilines is 2. The summed E-state index contributed by atoms with van der Waals surface area (Å²) in [6.45, 7) is 0. The maximum Gasteiger partial charge on any atom is 0.456 e. The van der Waals surface area contributed by atoms with E-state index in [0.717, 1.165) is 18.2 Å². The van der Waals surface area contributed by atoms with E-state index in [1.165, 1.54) is 24.3 Å². The highest BCUT2D eigenvalue weighted by Crippen LogP contribution is 2.44. The second-order valence-electron chi connectivity index (χ2n) is 6.82. The van der Waals surface area contributed by atoms with Crippen LogP contribution in [0.25, 0.3) is 0 Å². The van der Waals surface area contributed by atoms with Crippen LogP contribution in [-0.4, -0.2) is 24.1 Å². The van der Waals surface area contributed by atoms with E-state index in [9.17, 15) is 26.3 Å². The zero-order valence-electron chi connectivity index (χ0n) is 15.9. The lowest BCUT2D eigenvalue weighted by Crippen LogP contribution is -2.47. The predicted octanol–water partition coefficient (Wildman–Crippen LogP) is 5.43. The Morgan fingerprint density at radius 3 is 1.71 bits per heavy atom. The first-order chi connectivity index (χ1) is 14.5. The Bertz CT molecular complexity index is 956. The Morgan fingerprint density at radius 1 is 0.839 bits per heavy atom. The van der Waals surface area contributed by atoms with Crippen molar-refractivity contribution in [3.05, 3.63) is 72.3 Å². The van der Waals surface area contributed by atoms with Gasteiger partial charge in [-0.2, -0.15) is 22.0 Å². The van der Waals surface area contributed by atoms with Gasteiger partial charge in [-0.15, -0.1) is 0 Å². The standard InChI is InChI=1S/C21H18F6N2O2/c22-18(20(23,24)21(25,26)27)13-9-11-19(12-10-13,30-16-7-3-1-5-14(16)28)31-17-8-4-2-6-15(17)29/h1-11,18H,12,28-29H2. The van der Waals surface area contributed by atoms with Gasteiger partial charge in [0.2, 0.25) is 0 Å². The van der Waals surface area contributed by atoms with Crippen molar-refractivity contribution in [3.8, 4) is 11.5 Å². The van der Waals surface area contributed by atoms with E-state index in [2.05, 4.69) is 0 Å². The van der Waals surface area contributed by atoms with Gasteiger partial charge in [0.05, 0.1) is 11.4 Å². The van der Waals surface area contributed by atoms with Crippen LogP contribution in [0.15, 0.2) is 72.3 Å². The number of rotatable bonds is 6. The Balaban J connectivity index is 1.93. The van der Waals surface area contributed by atoms with E-state index in [0.29, 0.717) is 0 Å². The molecule has 1 aliphatic rings. The third kappa shape index (κ3) is 4.57. The van der Waals surface area contributed by atoms with E-state index in [1.807, 2.05) is 0 Å². The van der Waals surface area contributed by atoms with Crippen LogP contribution in [0, 0.1) is 0 Å². The summed E-state index contributed by atoms with van der Waals surface area (Å²) < 4.78 is 90.2.